The van der Waals surface area contributed by atoms with Gasteiger partial charge in [-0.3, -0.25) is 9.69 Å². The van der Waals surface area contributed by atoms with Gasteiger partial charge in [-0.25, -0.2) is 13.8 Å². The molecule has 4 rings (SSSR count). The van der Waals surface area contributed by atoms with E-state index in [9.17, 15) is 13.6 Å². The predicted molar refractivity (Wildman–Crippen MR) is 112 cm³/mol. The molecular weight excluding hydrogens is 400 g/mol. The third kappa shape index (κ3) is 5.55. The van der Waals surface area contributed by atoms with Gasteiger partial charge < -0.3 is 9.32 Å². The van der Waals surface area contributed by atoms with Gasteiger partial charge in [-0.1, -0.05) is 30.3 Å². The molecule has 0 spiro atoms. The number of carbonyl (C=O) groups excluding carboxylic acids is 1. The summed E-state index contributed by atoms with van der Waals surface area (Å²) in [7, 11) is 0. The molecule has 1 fully saturated rings. The van der Waals surface area contributed by atoms with E-state index in [-0.39, 0.29) is 17.5 Å². The van der Waals surface area contributed by atoms with Crippen LogP contribution in [0.15, 0.2) is 59.2 Å². The second-order valence-electron chi connectivity index (χ2n) is 7.84. The molecule has 1 aliphatic heterocycles. The Hall–Kier alpha value is -3.06. The molecule has 0 bridgehead atoms. The fraction of sp³-hybridized carbons (Fsp3) is 0.333. The number of hydrogen-bond donors (Lipinski definition) is 0. The Morgan fingerprint density at radius 1 is 0.968 bits per heavy atom. The molecular formula is C24H25F2N3O2. The van der Waals surface area contributed by atoms with Crippen LogP contribution in [0.1, 0.15) is 46.8 Å². The van der Waals surface area contributed by atoms with Crippen LogP contribution < -0.4 is 0 Å². The van der Waals surface area contributed by atoms with E-state index < -0.39 is 0 Å². The molecule has 162 valence electrons. The summed E-state index contributed by atoms with van der Waals surface area (Å²) < 4.78 is 33.1. The molecule has 1 saturated heterocycles. The summed E-state index contributed by atoms with van der Waals surface area (Å²) in [6.45, 7) is 2.54. The molecule has 31 heavy (non-hydrogen) atoms. The van der Waals surface area contributed by atoms with E-state index in [1.165, 1.54) is 24.5 Å². The van der Waals surface area contributed by atoms with Crippen LogP contribution in [0.5, 0.6) is 0 Å². The second-order valence-corrected chi connectivity index (χ2v) is 7.84. The monoisotopic (exact) mass is 425 g/mol. The normalized spacial score (nSPS) is 14.2. The summed E-state index contributed by atoms with van der Waals surface area (Å²) in [6.07, 6.45) is 4.54. The minimum atomic E-state index is -0.307. The molecule has 1 amide bonds. The highest BCUT2D eigenvalue weighted by Crippen LogP contribution is 2.18. The lowest BCUT2D eigenvalue weighted by atomic mass is 10.1. The molecule has 2 aromatic carbocycles. The first-order valence-electron chi connectivity index (χ1n) is 10.5. The molecule has 0 unspecified atom stereocenters. The van der Waals surface area contributed by atoms with E-state index in [1.807, 2.05) is 4.90 Å². The number of carbonyl (C=O) groups is 1. The molecule has 1 aromatic heterocycles. The van der Waals surface area contributed by atoms with Gasteiger partial charge in [-0.2, -0.15) is 0 Å². The van der Waals surface area contributed by atoms with Gasteiger partial charge in [-0.15, -0.1) is 0 Å². The Morgan fingerprint density at radius 2 is 1.71 bits per heavy atom. The Balaban J connectivity index is 1.50. The number of benzene rings is 2. The Kier molecular flexibility index (Phi) is 6.72. The molecule has 0 saturated carbocycles. The fourth-order valence-electron chi connectivity index (χ4n) is 3.82. The van der Waals surface area contributed by atoms with Gasteiger partial charge in [0, 0.05) is 31.7 Å². The average molecular weight is 425 g/mol. The summed E-state index contributed by atoms with van der Waals surface area (Å²) in [5, 5.41) is 0. The van der Waals surface area contributed by atoms with Crippen molar-refractivity contribution in [2.75, 3.05) is 13.1 Å². The molecule has 5 nitrogen and oxygen atoms in total. The van der Waals surface area contributed by atoms with Gasteiger partial charge in [0.1, 0.15) is 17.9 Å². The van der Waals surface area contributed by atoms with Crippen molar-refractivity contribution < 1.29 is 18.0 Å². The molecule has 0 N–H and O–H groups in total. The SMILES string of the molecule is O=C(c1coc(CN(Cc2ccc(F)cc2)Cc2ccccc2F)n1)N1CCCCC1. The van der Waals surface area contributed by atoms with Crippen LogP contribution in [-0.4, -0.2) is 33.8 Å². The number of nitrogens with zero attached hydrogens (tertiary/aromatic N) is 3. The lowest BCUT2D eigenvalue weighted by molar-refractivity contribution is 0.0718. The van der Waals surface area contributed by atoms with Gasteiger partial charge in [0.25, 0.3) is 5.91 Å². The zero-order valence-electron chi connectivity index (χ0n) is 17.3. The van der Waals surface area contributed by atoms with Crippen LogP contribution in [0.2, 0.25) is 0 Å². The lowest BCUT2D eigenvalue weighted by Gasteiger charge is -2.25. The van der Waals surface area contributed by atoms with Crippen LogP contribution in [-0.2, 0) is 19.6 Å². The Labute approximate surface area is 180 Å². The number of aromatic nitrogens is 1. The number of hydrogen-bond acceptors (Lipinski definition) is 4. The van der Waals surface area contributed by atoms with Crippen LogP contribution in [0.4, 0.5) is 8.78 Å². The van der Waals surface area contributed by atoms with E-state index in [0.29, 0.717) is 36.8 Å². The van der Waals surface area contributed by atoms with E-state index >= 15 is 0 Å². The lowest BCUT2D eigenvalue weighted by Crippen LogP contribution is -2.35. The van der Waals surface area contributed by atoms with Crippen molar-refractivity contribution in [1.82, 2.24) is 14.8 Å². The number of amides is 1. The largest absolute Gasteiger partial charge is 0.447 e. The summed E-state index contributed by atoms with van der Waals surface area (Å²) in [4.78, 5) is 20.8. The zero-order valence-corrected chi connectivity index (χ0v) is 17.3. The molecule has 3 aromatic rings. The summed E-state index contributed by atoms with van der Waals surface area (Å²) in [5.74, 6) is -0.328. The van der Waals surface area contributed by atoms with Crippen molar-refractivity contribution in [2.45, 2.75) is 38.9 Å². The van der Waals surface area contributed by atoms with Crippen molar-refractivity contribution in [3.05, 3.63) is 89.1 Å². The van der Waals surface area contributed by atoms with Gasteiger partial charge in [0.15, 0.2) is 5.69 Å². The number of piperidine rings is 1. The smallest absolute Gasteiger partial charge is 0.275 e. The van der Waals surface area contributed by atoms with Crippen molar-refractivity contribution in [2.24, 2.45) is 0 Å². The van der Waals surface area contributed by atoms with Crippen LogP contribution in [0.25, 0.3) is 0 Å². The van der Waals surface area contributed by atoms with Crippen LogP contribution in [0.3, 0.4) is 0 Å². The Bertz CT molecular complexity index is 1010. The summed E-state index contributed by atoms with van der Waals surface area (Å²) in [5.41, 5.74) is 1.72. The van der Waals surface area contributed by atoms with E-state index in [4.69, 9.17) is 4.42 Å². The van der Waals surface area contributed by atoms with Crippen molar-refractivity contribution in [3.63, 3.8) is 0 Å². The predicted octanol–water partition coefficient (Wildman–Crippen LogP) is 4.78. The quantitative estimate of drug-likeness (QED) is 0.547. The molecule has 0 aliphatic carbocycles. The third-order valence-corrected chi connectivity index (χ3v) is 5.44. The number of likely N-dealkylation sites (tertiary alicyclic amines) is 1. The molecule has 0 atom stereocenters. The number of oxazole rings is 1. The number of halogens is 2. The number of rotatable bonds is 7. The average Bonchev–Trinajstić information content (AvgIpc) is 3.25. The van der Waals surface area contributed by atoms with Gasteiger partial charge >= 0.3 is 0 Å². The van der Waals surface area contributed by atoms with Crippen molar-refractivity contribution in [1.29, 1.82) is 0 Å². The highest BCUT2D eigenvalue weighted by atomic mass is 19.1. The third-order valence-electron chi connectivity index (χ3n) is 5.44. The molecule has 7 heteroatoms. The van der Waals surface area contributed by atoms with Gasteiger partial charge in [-0.05, 0) is 43.0 Å². The minimum Gasteiger partial charge on any atom is -0.447 e. The first-order valence-corrected chi connectivity index (χ1v) is 10.5. The summed E-state index contributed by atoms with van der Waals surface area (Å²) in [6, 6.07) is 12.8. The maximum atomic E-state index is 14.2. The minimum absolute atomic E-state index is 0.117. The second kappa shape index (κ2) is 9.83. The Morgan fingerprint density at radius 3 is 2.45 bits per heavy atom. The van der Waals surface area contributed by atoms with E-state index in [0.717, 1.165) is 37.9 Å². The standard InChI is InChI=1S/C24H25F2N3O2/c25-20-10-8-18(9-11-20)14-28(15-19-6-2-3-7-21(19)26)16-23-27-22(17-31-23)24(30)29-12-4-1-5-13-29/h2-3,6-11,17H,1,4-5,12-16H2. The topological polar surface area (TPSA) is 49.6 Å². The summed E-state index contributed by atoms with van der Waals surface area (Å²) >= 11 is 0. The maximum Gasteiger partial charge on any atom is 0.275 e. The van der Waals surface area contributed by atoms with E-state index in [1.54, 1.807) is 35.2 Å². The first kappa shape index (κ1) is 21.2. The zero-order chi connectivity index (χ0) is 21.6. The van der Waals surface area contributed by atoms with Gasteiger partial charge in [0.2, 0.25) is 5.89 Å². The highest BCUT2D eigenvalue weighted by molar-refractivity contribution is 5.92. The molecule has 2 heterocycles. The highest BCUT2D eigenvalue weighted by Gasteiger charge is 2.22. The first-order chi connectivity index (χ1) is 15.1. The van der Waals surface area contributed by atoms with Crippen molar-refractivity contribution >= 4 is 5.91 Å². The van der Waals surface area contributed by atoms with E-state index in [2.05, 4.69) is 4.98 Å². The fourth-order valence-corrected chi connectivity index (χ4v) is 3.82. The van der Waals surface area contributed by atoms with Gasteiger partial charge in [0.05, 0.1) is 6.54 Å². The molecule has 0 radical (unpaired) electrons. The van der Waals surface area contributed by atoms with Crippen molar-refractivity contribution in [3.8, 4) is 0 Å². The van der Waals surface area contributed by atoms with Crippen LogP contribution in [0, 0.1) is 11.6 Å². The molecule has 1 aliphatic rings. The maximum absolute atomic E-state index is 14.2. The van der Waals surface area contributed by atoms with Crippen LogP contribution >= 0.6 is 0 Å².